The van der Waals surface area contributed by atoms with Gasteiger partial charge in [-0.25, -0.2) is 9.97 Å². The third kappa shape index (κ3) is 1.58. The highest BCUT2D eigenvalue weighted by molar-refractivity contribution is 5.29. The molecule has 5 heteroatoms. The molecular formula is C11H15N5. The maximum absolute atomic E-state index is 5.58. The van der Waals surface area contributed by atoms with Crippen LogP contribution in [0.15, 0.2) is 25.0 Å². The Morgan fingerprint density at radius 2 is 1.94 bits per heavy atom. The highest BCUT2D eigenvalue weighted by Crippen LogP contribution is 2.29. The molecule has 0 spiro atoms. The third-order valence-electron chi connectivity index (χ3n) is 3.20. The number of anilines is 1. The molecule has 5 nitrogen and oxygen atoms in total. The molecule has 0 radical (unpaired) electrons. The van der Waals surface area contributed by atoms with Crippen LogP contribution in [0.1, 0.15) is 31.7 Å². The van der Waals surface area contributed by atoms with Crippen molar-refractivity contribution in [1.82, 2.24) is 19.1 Å². The molecule has 2 aromatic rings. The van der Waals surface area contributed by atoms with Gasteiger partial charge in [0.1, 0.15) is 12.1 Å². The summed E-state index contributed by atoms with van der Waals surface area (Å²) in [5.41, 5.74) is 5.58. The lowest BCUT2D eigenvalue weighted by atomic mass is 10.2. The number of hydrogen-bond donors (Lipinski definition) is 1. The van der Waals surface area contributed by atoms with Crippen LogP contribution >= 0.6 is 0 Å². The Hall–Kier alpha value is -1.78. The number of imidazole rings is 2. The molecule has 2 N–H and O–H groups in total. The summed E-state index contributed by atoms with van der Waals surface area (Å²) in [4.78, 5) is 8.37. The van der Waals surface area contributed by atoms with Crippen molar-refractivity contribution in [3.63, 3.8) is 0 Å². The maximum atomic E-state index is 5.58. The van der Waals surface area contributed by atoms with Gasteiger partial charge < -0.3 is 10.3 Å². The zero-order chi connectivity index (χ0) is 11.0. The van der Waals surface area contributed by atoms with Gasteiger partial charge in [-0.2, -0.15) is 0 Å². The van der Waals surface area contributed by atoms with Gasteiger partial charge in [0, 0.05) is 12.2 Å². The number of nitrogen functional groups attached to an aromatic ring is 1. The summed E-state index contributed by atoms with van der Waals surface area (Å²) in [6.45, 7) is 0. The van der Waals surface area contributed by atoms with Gasteiger partial charge in [-0.3, -0.25) is 4.57 Å². The molecule has 1 aliphatic carbocycles. The zero-order valence-electron chi connectivity index (χ0n) is 9.08. The molecule has 16 heavy (non-hydrogen) atoms. The van der Waals surface area contributed by atoms with Gasteiger partial charge in [-0.15, -0.1) is 0 Å². The van der Waals surface area contributed by atoms with Gasteiger partial charge in [0.2, 0.25) is 0 Å². The summed E-state index contributed by atoms with van der Waals surface area (Å²) in [7, 11) is 0. The molecule has 1 fully saturated rings. The smallest absolute Gasteiger partial charge is 0.156 e. The second-order valence-corrected chi connectivity index (χ2v) is 4.32. The first-order valence-electron chi connectivity index (χ1n) is 5.66. The molecule has 1 aliphatic rings. The van der Waals surface area contributed by atoms with E-state index < -0.39 is 0 Å². The second kappa shape index (κ2) is 3.66. The fourth-order valence-corrected chi connectivity index (χ4v) is 2.32. The van der Waals surface area contributed by atoms with Crippen LogP contribution in [-0.4, -0.2) is 19.1 Å². The molecule has 0 unspecified atom stereocenters. The minimum atomic E-state index is 0.524. The van der Waals surface area contributed by atoms with E-state index in [4.69, 9.17) is 5.73 Å². The van der Waals surface area contributed by atoms with Gasteiger partial charge in [0.05, 0.1) is 12.5 Å². The molecule has 2 heterocycles. The Balaban J connectivity index is 1.87. The van der Waals surface area contributed by atoms with Gasteiger partial charge in [0.25, 0.3) is 0 Å². The fourth-order valence-electron chi connectivity index (χ4n) is 2.32. The lowest BCUT2D eigenvalue weighted by molar-refractivity contribution is 0.518. The van der Waals surface area contributed by atoms with Gasteiger partial charge >= 0.3 is 0 Å². The van der Waals surface area contributed by atoms with E-state index in [2.05, 4.69) is 20.7 Å². The topological polar surface area (TPSA) is 61.7 Å². The molecule has 84 valence electrons. The molecule has 0 saturated heterocycles. The Morgan fingerprint density at radius 1 is 1.12 bits per heavy atom. The first-order chi connectivity index (χ1) is 7.83. The molecule has 3 rings (SSSR count). The van der Waals surface area contributed by atoms with Crippen LogP contribution in [0.5, 0.6) is 0 Å². The van der Waals surface area contributed by atoms with E-state index in [0.29, 0.717) is 11.9 Å². The van der Waals surface area contributed by atoms with Gasteiger partial charge in [0.15, 0.2) is 5.82 Å². The third-order valence-corrected chi connectivity index (χ3v) is 3.20. The lowest BCUT2D eigenvalue weighted by Gasteiger charge is -2.09. The minimum Gasteiger partial charge on any atom is -0.382 e. The molecular weight excluding hydrogens is 202 g/mol. The van der Waals surface area contributed by atoms with Crippen molar-refractivity contribution in [3.05, 3.63) is 25.0 Å². The summed E-state index contributed by atoms with van der Waals surface area (Å²) >= 11 is 0. The number of aromatic nitrogens is 4. The Morgan fingerprint density at radius 3 is 2.62 bits per heavy atom. The van der Waals surface area contributed by atoms with Crippen molar-refractivity contribution < 1.29 is 0 Å². The minimum absolute atomic E-state index is 0.524. The first-order valence-corrected chi connectivity index (χ1v) is 5.66. The molecule has 0 atom stereocenters. The SMILES string of the molecule is Nc1cn(-c2cn(C3CCCC3)cn2)cn1. The highest BCUT2D eigenvalue weighted by Gasteiger charge is 2.17. The van der Waals surface area contributed by atoms with Crippen LogP contribution < -0.4 is 5.73 Å². The predicted octanol–water partition coefficient (Wildman–Crippen LogP) is 1.77. The lowest BCUT2D eigenvalue weighted by Crippen LogP contribution is -2.01. The van der Waals surface area contributed by atoms with Crippen molar-refractivity contribution in [2.75, 3.05) is 5.73 Å². The van der Waals surface area contributed by atoms with Crippen molar-refractivity contribution in [2.45, 2.75) is 31.7 Å². The standard InChI is InChI=1S/C11H15N5/c12-10-5-16(7-13-10)11-6-15(8-14-11)9-3-1-2-4-9/h5-9H,1-4,12H2. The van der Waals surface area contributed by atoms with E-state index in [-0.39, 0.29) is 0 Å². The average Bonchev–Trinajstić information content (AvgIpc) is 2.97. The quantitative estimate of drug-likeness (QED) is 0.833. The summed E-state index contributed by atoms with van der Waals surface area (Å²) in [6.07, 6.45) is 12.6. The van der Waals surface area contributed by atoms with E-state index in [9.17, 15) is 0 Å². The molecule has 2 aromatic heterocycles. The summed E-state index contributed by atoms with van der Waals surface area (Å²) in [5.74, 6) is 1.41. The van der Waals surface area contributed by atoms with E-state index in [1.165, 1.54) is 25.7 Å². The zero-order valence-corrected chi connectivity index (χ0v) is 9.08. The van der Waals surface area contributed by atoms with Crippen molar-refractivity contribution in [1.29, 1.82) is 0 Å². The highest BCUT2D eigenvalue weighted by atomic mass is 15.2. The number of nitrogens with two attached hydrogens (primary N) is 1. The Kier molecular flexibility index (Phi) is 2.16. The number of rotatable bonds is 2. The molecule has 0 aliphatic heterocycles. The van der Waals surface area contributed by atoms with Crippen molar-refractivity contribution >= 4 is 5.82 Å². The second-order valence-electron chi connectivity index (χ2n) is 4.32. The number of nitrogens with zero attached hydrogens (tertiary/aromatic N) is 4. The van der Waals surface area contributed by atoms with Crippen LogP contribution in [0.3, 0.4) is 0 Å². The fraction of sp³-hybridized carbons (Fsp3) is 0.455. The van der Waals surface area contributed by atoms with Crippen LogP contribution in [0.4, 0.5) is 5.82 Å². The molecule has 1 saturated carbocycles. The van der Waals surface area contributed by atoms with Crippen LogP contribution in [0, 0.1) is 0 Å². The largest absolute Gasteiger partial charge is 0.382 e. The Labute approximate surface area is 93.9 Å². The summed E-state index contributed by atoms with van der Waals surface area (Å²) in [6, 6.07) is 0.627. The van der Waals surface area contributed by atoms with Crippen molar-refractivity contribution in [3.8, 4) is 5.82 Å². The maximum Gasteiger partial charge on any atom is 0.156 e. The van der Waals surface area contributed by atoms with E-state index in [1.54, 1.807) is 12.5 Å². The number of hydrogen-bond acceptors (Lipinski definition) is 3. The average molecular weight is 217 g/mol. The summed E-state index contributed by atoms with van der Waals surface area (Å²) < 4.78 is 4.05. The molecule has 0 aromatic carbocycles. The van der Waals surface area contributed by atoms with Crippen LogP contribution in [0.25, 0.3) is 5.82 Å². The summed E-state index contributed by atoms with van der Waals surface area (Å²) in [5, 5.41) is 0. The van der Waals surface area contributed by atoms with Gasteiger partial charge in [-0.1, -0.05) is 12.8 Å². The predicted molar refractivity (Wildman–Crippen MR) is 61.3 cm³/mol. The van der Waals surface area contributed by atoms with Crippen LogP contribution in [0.2, 0.25) is 0 Å². The van der Waals surface area contributed by atoms with E-state index in [1.807, 2.05) is 10.9 Å². The van der Waals surface area contributed by atoms with Crippen LogP contribution in [-0.2, 0) is 0 Å². The Bertz CT molecular complexity index is 478. The van der Waals surface area contributed by atoms with Crippen molar-refractivity contribution in [2.24, 2.45) is 0 Å². The van der Waals surface area contributed by atoms with Gasteiger partial charge in [-0.05, 0) is 12.8 Å². The van der Waals surface area contributed by atoms with E-state index in [0.717, 1.165) is 5.82 Å². The van der Waals surface area contributed by atoms with E-state index >= 15 is 0 Å². The molecule has 0 amide bonds. The normalized spacial score (nSPS) is 17.0. The monoisotopic (exact) mass is 217 g/mol. The molecule has 0 bridgehead atoms. The first kappa shape index (κ1) is 9.45.